The van der Waals surface area contributed by atoms with Crippen molar-refractivity contribution in [3.63, 3.8) is 0 Å². The van der Waals surface area contributed by atoms with E-state index in [1.807, 2.05) is 32.9 Å². The summed E-state index contributed by atoms with van der Waals surface area (Å²) in [5.74, 6) is 0. The number of anilines is 1. The molecule has 114 valence electrons. The second kappa shape index (κ2) is 6.31. The average molecular weight is 288 g/mol. The third kappa shape index (κ3) is 3.85. The van der Waals surface area contributed by atoms with Crippen molar-refractivity contribution in [3.05, 3.63) is 42.0 Å². The molecule has 21 heavy (non-hydrogen) atoms. The molecule has 0 saturated carbocycles. The predicted octanol–water partition coefficient (Wildman–Crippen LogP) is 3.26. The van der Waals surface area contributed by atoms with Crippen LogP contribution in [-0.2, 0) is 17.7 Å². The van der Waals surface area contributed by atoms with Crippen molar-refractivity contribution in [1.82, 2.24) is 5.32 Å². The number of rotatable bonds is 4. The van der Waals surface area contributed by atoms with E-state index in [9.17, 15) is 4.79 Å². The summed E-state index contributed by atoms with van der Waals surface area (Å²) in [4.78, 5) is 14.1. The lowest BCUT2D eigenvalue weighted by Gasteiger charge is -2.26. The molecule has 1 N–H and O–H groups in total. The Morgan fingerprint density at radius 2 is 2.24 bits per heavy atom. The zero-order valence-electron chi connectivity index (χ0n) is 13.1. The number of carbonyl (C=O) groups is 1. The molecule has 1 aliphatic heterocycles. The molecule has 1 heterocycles. The van der Waals surface area contributed by atoms with E-state index in [0.717, 1.165) is 24.2 Å². The first-order valence-electron chi connectivity index (χ1n) is 7.35. The van der Waals surface area contributed by atoms with Gasteiger partial charge in [-0.3, -0.25) is 4.90 Å². The average Bonchev–Trinajstić information content (AvgIpc) is 2.82. The SMILES string of the molecule is C=CCNCc1cccc2c1N(C(=O)OC(C)(C)C)CC2. The number of hydrogen-bond acceptors (Lipinski definition) is 3. The van der Waals surface area contributed by atoms with Crippen LogP contribution in [0.15, 0.2) is 30.9 Å². The highest BCUT2D eigenvalue weighted by atomic mass is 16.6. The first-order chi connectivity index (χ1) is 9.92. The van der Waals surface area contributed by atoms with E-state index < -0.39 is 5.60 Å². The molecular formula is C17H24N2O2. The van der Waals surface area contributed by atoms with Gasteiger partial charge in [-0.05, 0) is 38.3 Å². The summed E-state index contributed by atoms with van der Waals surface area (Å²) in [6.45, 7) is 11.5. The maximum atomic E-state index is 12.4. The Bertz CT molecular complexity index is 532. The van der Waals surface area contributed by atoms with Crippen molar-refractivity contribution in [2.45, 2.75) is 39.3 Å². The molecule has 4 nitrogen and oxygen atoms in total. The quantitative estimate of drug-likeness (QED) is 0.683. The number of nitrogens with zero attached hydrogens (tertiary/aromatic N) is 1. The van der Waals surface area contributed by atoms with Gasteiger partial charge >= 0.3 is 6.09 Å². The largest absolute Gasteiger partial charge is 0.443 e. The monoisotopic (exact) mass is 288 g/mol. The zero-order valence-corrected chi connectivity index (χ0v) is 13.1. The molecule has 0 atom stereocenters. The van der Waals surface area contributed by atoms with Gasteiger partial charge in [0, 0.05) is 19.6 Å². The van der Waals surface area contributed by atoms with Crippen molar-refractivity contribution < 1.29 is 9.53 Å². The van der Waals surface area contributed by atoms with Crippen molar-refractivity contribution in [2.75, 3.05) is 18.0 Å². The third-order valence-corrected chi connectivity index (χ3v) is 3.30. The number of benzene rings is 1. The Morgan fingerprint density at radius 3 is 2.90 bits per heavy atom. The Labute approximate surface area is 126 Å². The number of nitrogens with one attached hydrogen (secondary N) is 1. The van der Waals surface area contributed by atoms with Crippen LogP contribution in [0.25, 0.3) is 0 Å². The molecule has 0 radical (unpaired) electrons. The highest BCUT2D eigenvalue weighted by Crippen LogP contribution is 2.33. The summed E-state index contributed by atoms with van der Waals surface area (Å²) in [5, 5.41) is 3.29. The Kier molecular flexibility index (Phi) is 4.68. The van der Waals surface area contributed by atoms with Crippen LogP contribution >= 0.6 is 0 Å². The van der Waals surface area contributed by atoms with E-state index in [-0.39, 0.29) is 6.09 Å². The summed E-state index contributed by atoms with van der Waals surface area (Å²) in [6.07, 6.45) is 2.44. The minimum absolute atomic E-state index is 0.266. The van der Waals surface area contributed by atoms with Crippen LogP contribution in [-0.4, -0.2) is 24.8 Å². The smallest absolute Gasteiger partial charge is 0.414 e. The number of ether oxygens (including phenoxy) is 1. The highest BCUT2D eigenvalue weighted by Gasteiger charge is 2.30. The van der Waals surface area contributed by atoms with Crippen molar-refractivity contribution in [2.24, 2.45) is 0 Å². The minimum Gasteiger partial charge on any atom is -0.443 e. The molecule has 0 bridgehead atoms. The lowest BCUT2D eigenvalue weighted by Crippen LogP contribution is -2.36. The van der Waals surface area contributed by atoms with Crippen LogP contribution in [0.4, 0.5) is 10.5 Å². The standard InChI is InChI=1S/C17H24N2O2/c1-5-10-18-12-14-8-6-7-13-9-11-19(15(13)14)16(20)21-17(2,3)4/h5-8,18H,1,9-12H2,2-4H3. The molecule has 1 aromatic rings. The fourth-order valence-electron chi connectivity index (χ4n) is 2.49. The lowest BCUT2D eigenvalue weighted by atomic mass is 10.1. The second-order valence-corrected chi connectivity index (χ2v) is 6.23. The molecule has 0 spiro atoms. The van der Waals surface area contributed by atoms with E-state index >= 15 is 0 Å². The molecule has 0 unspecified atom stereocenters. The second-order valence-electron chi connectivity index (χ2n) is 6.23. The Morgan fingerprint density at radius 1 is 1.48 bits per heavy atom. The van der Waals surface area contributed by atoms with Crippen LogP contribution in [0, 0.1) is 0 Å². The van der Waals surface area contributed by atoms with Gasteiger partial charge in [0.15, 0.2) is 0 Å². The van der Waals surface area contributed by atoms with Crippen LogP contribution in [0.5, 0.6) is 0 Å². The number of fused-ring (bicyclic) bond motifs is 1. The maximum Gasteiger partial charge on any atom is 0.414 e. The van der Waals surface area contributed by atoms with Crippen LogP contribution in [0.1, 0.15) is 31.9 Å². The van der Waals surface area contributed by atoms with Crippen LogP contribution < -0.4 is 10.2 Å². The van der Waals surface area contributed by atoms with Gasteiger partial charge in [-0.15, -0.1) is 6.58 Å². The van der Waals surface area contributed by atoms with Crippen LogP contribution in [0.2, 0.25) is 0 Å². The fraction of sp³-hybridized carbons (Fsp3) is 0.471. The molecule has 2 rings (SSSR count). The molecule has 0 fully saturated rings. The topological polar surface area (TPSA) is 41.6 Å². The van der Waals surface area contributed by atoms with Gasteiger partial charge in [-0.25, -0.2) is 4.79 Å². The molecular weight excluding hydrogens is 264 g/mol. The van der Waals surface area contributed by atoms with E-state index in [2.05, 4.69) is 24.0 Å². The maximum absolute atomic E-state index is 12.4. The van der Waals surface area contributed by atoms with Crippen molar-refractivity contribution in [1.29, 1.82) is 0 Å². The van der Waals surface area contributed by atoms with Gasteiger partial charge in [0.25, 0.3) is 0 Å². The van der Waals surface area contributed by atoms with Gasteiger partial charge in [0.2, 0.25) is 0 Å². The Hall–Kier alpha value is -1.81. The van der Waals surface area contributed by atoms with Crippen molar-refractivity contribution in [3.8, 4) is 0 Å². The first-order valence-corrected chi connectivity index (χ1v) is 7.35. The number of amides is 1. The van der Waals surface area contributed by atoms with E-state index in [4.69, 9.17) is 4.74 Å². The fourth-order valence-corrected chi connectivity index (χ4v) is 2.49. The van der Waals surface area contributed by atoms with E-state index in [1.54, 1.807) is 4.90 Å². The lowest BCUT2D eigenvalue weighted by molar-refractivity contribution is 0.0583. The third-order valence-electron chi connectivity index (χ3n) is 3.30. The van der Waals surface area contributed by atoms with Gasteiger partial charge in [0.1, 0.15) is 5.60 Å². The van der Waals surface area contributed by atoms with Crippen molar-refractivity contribution >= 4 is 11.8 Å². The summed E-state index contributed by atoms with van der Waals surface area (Å²) < 4.78 is 5.51. The first kappa shape index (κ1) is 15.6. The molecule has 1 amide bonds. The van der Waals surface area contributed by atoms with Gasteiger partial charge in [-0.2, -0.15) is 0 Å². The van der Waals surface area contributed by atoms with Gasteiger partial charge in [-0.1, -0.05) is 24.3 Å². The van der Waals surface area contributed by atoms with Gasteiger partial charge < -0.3 is 10.1 Å². The highest BCUT2D eigenvalue weighted by molar-refractivity contribution is 5.91. The molecule has 1 aromatic carbocycles. The molecule has 0 aromatic heterocycles. The van der Waals surface area contributed by atoms with E-state index in [0.29, 0.717) is 13.1 Å². The number of carbonyl (C=O) groups excluding carboxylic acids is 1. The molecule has 0 aliphatic carbocycles. The summed E-state index contributed by atoms with van der Waals surface area (Å²) >= 11 is 0. The van der Waals surface area contributed by atoms with Crippen LogP contribution in [0.3, 0.4) is 0 Å². The number of hydrogen-bond donors (Lipinski definition) is 1. The molecule has 1 aliphatic rings. The Balaban J connectivity index is 2.20. The zero-order chi connectivity index (χ0) is 15.5. The molecule has 0 saturated heterocycles. The normalized spacial score (nSPS) is 14.0. The van der Waals surface area contributed by atoms with Gasteiger partial charge in [0.05, 0.1) is 5.69 Å². The number of para-hydroxylation sites is 1. The minimum atomic E-state index is -0.476. The summed E-state index contributed by atoms with van der Waals surface area (Å²) in [5.41, 5.74) is 2.86. The summed E-state index contributed by atoms with van der Waals surface area (Å²) in [7, 11) is 0. The predicted molar refractivity (Wildman–Crippen MR) is 85.6 cm³/mol. The molecule has 4 heteroatoms. The summed E-state index contributed by atoms with van der Waals surface area (Å²) in [6, 6.07) is 6.18. The van der Waals surface area contributed by atoms with E-state index in [1.165, 1.54) is 5.56 Å².